The van der Waals surface area contributed by atoms with Gasteiger partial charge in [-0.3, -0.25) is 4.68 Å². The maximum Gasteiger partial charge on any atom is 0.155 e. The maximum atomic E-state index is 11.1. The number of anilines is 1. The molecule has 3 N–H and O–H groups in total. The van der Waals surface area contributed by atoms with E-state index in [0.29, 0.717) is 6.54 Å². The van der Waals surface area contributed by atoms with Crippen LogP contribution in [-0.4, -0.2) is 61.1 Å². The second-order valence-corrected chi connectivity index (χ2v) is 9.16. The van der Waals surface area contributed by atoms with Crippen molar-refractivity contribution in [2.24, 2.45) is 5.92 Å². The number of aromatic nitrogens is 5. The molecule has 0 radical (unpaired) electrons. The van der Waals surface area contributed by atoms with Gasteiger partial charge in [0.15, 0.2) is 5.82 Å². The normalized spacial score (nSPS) is 19.2. The van der Waals surface area contributed by atoms with Crippen LogP contribution in [0.2, 0.25) is 0 Å². The second-order valence-electron chi connectivity index (χ2n) is 9.16. The van der Waals surface area contributed by atoms with Crippen LogP contribution in [0.5, 0.6) is 0 Å². The minimum absolute atomic E-state index is 0.0490. The topological polar surface area (TPSA) is 94.9 Å². The molecule has 0 aromatic carbocycles. The molecular formula is C24H31N7O. The van der Waals surface area contributed by atoms with Crippen molar-refractivity contribution in [1.82, 2.24) is 30.0 Å². The number of hydrogen-bond donors (Lipinski definition) is 3. The fraction of sp³-hybridized carbons (Fsp3) is 0.458. The van der Waals surface area contributed by atoms with Gasteiger partial charge in [-0.05, 0) is 38.0 Å². The molecule has 8 heteroatoms. The quantitative estimate of drug-likeness (QED) is 0.448. The lowest BCUT2D eigenvalue weighted by Crippen LogP contribution is -2.62. The third kappa shape index (κ3) is 3.34. The Labute approximate surface area is 187 Å². The summed E-state index contributed by atoms with van der Waals surface area (Å²) in [7, 11) is 0. The largest absolute Gasteiger partial charge is 0.388 e. The van der Waals surface area contributed by atoms with Crippen molar-refractivity contribution in [3.8, 4) is 11.3 Å². The summed E-state index contributed by atoms with van der Waals surface area (Å²) in [5, 5.41) is 21.4. The van der Waals surface area contributed by atoms with Crippen molar-refractivity contribution >= 4 is 27.8 Å². The lowest BCUT2D eigenvalue weighted by molar-refractivity contribution is -0.0231. The first-order valence-corrected chi connectivity index (χ1v) is 11.4. The Balaban J connectivity index is 1.64. The van der Waals surface area contributed by atoms with E-state index in [1.165, 1.54) is 0 Å². The number of aromatic amines is 1. The summed E-state index contributed by atoms with van der Waals surface area (Å²) < 4.78 is 2.01. The van der Waals surface area contributed by atoms with E-state index in [0.717, 1.165) is 58.6 Å². The van der Waals surface area contributed by atoms with E-state index < -0.39 is 5.60 Å². The van der Waals surface area contributed by atoms with Gasteiger partial charge < -0.3 is 20.3 Å². The van der Waals surface area contributed by atoms with E-state index in [1.54, 1.807) is 6.20 Å². The van der Waals surface area contributed by atoms with Gasteiger partial charge in [0.05, 0.1) is 23.5 Å². The maximum absolute atomic E-state index is 11.1. The van der Waals surface area contributed by atoms with Crippen LogP contribution in [-0.2, 0) is 6.54 Å². The number of aliphatic hydroxyl groups is 1. The first kappa shape index (κ1) is 20.9. The van der Waals surface area contributed by atoms with Gasteiger partial charge in [-0.1, -0.05) is 13.8 Å². The summed E-state index contributed by atoms with van der Waals surface area (Å²) in [5.74, 6) is 1.06. The Morgan fingerprint density at radius 1 is 1.34 bits per heavy atom. The van der Waals surface area contributed by atoms with Crippen LogP contribution >= 0.6 is 0 Å². The van der Waals surface area contributed by atoms with Crippen molar-refractivity contribution in [1.29, 1.82) is 0 Å². The Kier molecular flexibility index (Phi) is 5.14. The lowest BCUT2D eigenvalue weighted by atomic mass is 9.84. The zero-order chi connectivity index (χ0) is 22.5. The molecule has 1 aliphatic heterocycles. The SMILES string of the molecule is CCn1ncc2cc(-c3c[nH]c4ncccc34)nc(N3CCN[C@H]([C@](C)(O)C(C)C)C3)c21. The molecule has 168 valence electrons. The number of fused-ring (bicyclic) bond motifs is 2. The molecule has 0 bridgehead atoms. The number of pyridine rings is 2. The Morgan fingerprint density at radius 2 is 2.19 bits per heavy atom. The molecule has 5 rings (SSSR count). The third-order valence-electron chi connectivity index (χ3n) is 6.97. The summed E-state index contributed by atoms with van der Waals surface area (Å²) in [4.78, 5) is 15.2. The number of H-pyrrole nitrogens is 1. The van der Waals surface area contributed by atoms with E-state index in [-0.39, 0.29) is 12.0 Å². The molecule has 0 unspecified atom stereocenters. The monoisotopic (exact) mass is 433 g/mol. The van der Waals surface area contributed by atoms with Crippen molar-refractivity contribution in [2.75, 3.05) is 24.5 Å². The van der Waals surface area contributed by atoms with Crippen LogP contribution in [0.25, 0.3) is 33.2 Å². The van der Waals surface area contributed by atoms with Crippen molar-refractivity contribution in [3.05, 3.63) is 36.8 Å². The highest BCUT2D eigenvalue weighted by Crippen LogP contribution is 2.34. The molecule has 0 aliphatic carbocycles. The Hall–Kier alpha value is -2.97. The van der Waals surface area contributed by atoms with Gasteiger partial charge in [-0.15, -0.1) is 0 Å². The van der Waals surface area contributed by atoms with Crippen molar-refractivity contribution < 1.29 is 5.11 Å². The number of hydrogen-bond acceptors (Lipinski definition) is 6. The number of aryl methyl sites for hydroxylation is 1. The molecule has 1 aliphatic rings. The van der Waals surface area contributed by atoms with Crippen LogP contribution < -0.4 is 10.2 Å². The summed E-state index contributed by atoms with van der Waals surface area (Å²) in [6.45, 7) is 11.2. The molecule has 2 atom stereocenters. The van der Waals surface area contributed by atoms with E-state index in [1.807, 2.05) is 30.1 Å². The van der Waals surface area contributed by atoms with Gasteiger partial charge in [0.25, 0.3) is 0 Å². The zero-order valence-corrected chi connectivity index (χ0v) is 19.1. The van der Waals surface area contributed by atoms with Gasteiger partial charge in [0.2, 0.25) is 0 Å². The summed E-state index contributed by atoms with van der Waals surface area (Å²) >= 11 is 0. The van der Waals surface area contributed by atoms with E-state index >= 15 is 0 Å². The highest BCUT2D eigenvalue weighted by molar-refractivity contribution is 5.97. The van der Waals surface area contributed by atoms with E-state index in [9.17, 15) is 5.11 Å². The summed E-state index contributed by atoms with van der Waals surface area (Å²) in [6, 6.07) is 6.07. The first-order valence-electron chi connectivity index (χ1n) is 11.4. The fourth-order valence-electron chi connectivity index (χ4n) is 4.60. The number of rotatable bonds is 5. The molecule has 4 aromatic rings. The van der Waals surface area contributed by atoms with Crippen LogP contribution in [0, 0.1) is 5.92 Å². The Bertz CT molecular complexity index is 1260. The number of piperazine rings is 1. The predicted octanol–water partition coefficient (Wildman–Crippen LogP) is 3.18. The minimum atomic E-state index is -0.817. The zero-order valence-electron chi connectivity index (χ0n) is 19.1. The van der Waals surface area contributed by atoms with Gasteiger partial charge in [0, 0.05) is 54.9 Å². The van der Waals surface area contributed by atoms with Crippen LogP contribution in [0.3, 0.4) is 0 Å². The summed E-state index contributed by atoms with van der Waals surface area (Å²) in [5.41, 5.74) is 3.00. The average molecular weight is 434 g/mol. The molecular weight excluding hydrogens is 402 g/mol. The average Bonchev–Trinajstić information content (AvgIpc) is 3.42. The molecule has 4 aromatic heterocycles. The van der Waals surface area contributed by atoms with Crippen molar-refractivity contribution in [3.63, 3.8) is 0 Å². The van der Waals surface area contributed by atoms with E-state index in [2.05, 4.69) is 58.2 Å². The van der Waals surface area contributed by atoms with Gasteiger partial charge in [-0.2, -0.15) is 5.10 Å². The predicted molar refractivity (Wildman–Crippen MR) is 128 cm³/mol. The van der Waals surface area contributed by atoms with E-state index in [4.69, 9.17) is 4.98 Å². The fourth-order valence-corrected chi connectivity index (χ4v) is 4.60. The van der Waals surface area contributed by atoms with Crippen LogP contribution in [0.1, 0.15) is 27.7 Å². The van der Waals surface area contributed by atoms with Crippen molar-refractivity contribution in [2.45, 2.75) is 45.9 Å². The molecule has 0 spiro atoms. The molecule has 0 amide bonds. The van der Waals surface area contributed by atoms with Gasteiger partial charge in [-0.25, -0.2) is 9.97 Å². The summed E-state index contributed by atoms with van der Waals surface area (Å²) in [6.07, 6.45) is 5.69. The van der Waals surface area contributed by atoms with Crippen LogP contribution in [0.15, 0.2) is 36.8 Å². The smallest absolute Gasteiger partial charge is 0.155 e. The third-order valence-corrected chi connectivity index (χ3v) is 6.97. The molecule has 8 nitrogen and oxygen atoms in total. The highest BCUT2D eigenvalue weighted by atomic mass is 16.3. The molecule has 1 fully saturated rings. The molecule has 32 heavy (non-hydrogen) atoms. The Morgan fingerprint density at radius 3 is 2.97 bits per heavy atom. The van der Waals surface area contributed by atoms with Crippen LogP contribution in [0.4, 0.5) is 5.82 Å². The molecule has 1 saturated heterocycles. The lowest BCUT2D eigenvalue weighted by Gasteiger charge is -2.43. The minimum Gasteiger partial charge on any atom is -0.388 e. The molecule has 5 heterocycles. The number of nitrogens with zero attached hydrogens (tertiary/aromatic N) is 5. The standard InChI is InChI=1S/C24H31N7O/c1-5-31-21-16(12-28-31)11-19(18-13-27-22-17(18)7-6-8-26-22)29-23(21)30-10-9-25-20(14-30)24(4,32)15(2)3/h6-8,11-13,15,20,25,32H,5,9-10,14H2,1-4H3,(H,26,27)/t20-,24+/m0/s1. The highest BCUT2D eigenvalue weighted by Gasteiger charge is 2.38. The van der Waals surface area contributed by atoms with Gasteiger partial charge in [0.1, 0.15) is 11.2 Å². The van der Waals surface area contributed by atoms with Gasteiger partial charge >= 0.3 is 0 Å². The molecule has 0 saturated carbocycles. The first-order chi connectivity index (χ1) is 15.4. The second kappa shape index (κ2) is 7.86. The number of nitrogens with one attached hydrogen (secondary N) is 2.